The second kappa shape index (κ2) is 10.7. The van der Waals surface area contributed by atoms with Gasteiger partial charge >= 0.3 is 5.97 Å². The van der Waals surface area contributed by atoms with Crippen LogP contribution in [0.1, 0.15) is 12.8 Å². The fraction of sp³-hybridized carbons (Fsp3) is 0.250. The summed E-state index contributed by atoms with van der Waals surface area (Å²) < 4.78 is 31.3. The van der Waals surface area contributed by atoms with Crippen molar-refractivity contribution in [3.8, 4) is 0 Å². The number of carboxylic acids is 1. The van der Waals surface area contributed by atoms with E-state index in [0.717, 1.165) is 32.3 Å². The highest BCUT2D eigenvalue weighted by Crippen LogP contribution is 2.45. The summed E-state index contributed by atoms with van der Waals surface area (Å²) in [5.41, 5.74) is 0.981. The standard InChI is InChI=1S/C20H20N2O6S4/c23-18(24)13-22-19(25)16(31-20(22)29)9-2-1-3-10-17-21(11-6-12-32(26,27)28)14-7-4-5-8-15(14)30-17/h1,3-5,7-10H,2,6,11-13H2,(H,23,24)(H,26,27,28). The summed E-state index contributed by atoms with van der Waals surface area (Å²) in [6, 6.07) is 7.79. The average Bonchev–Trinajstić information content (AvgIpc) is 3.19. The normalized spacial score (nSPS) is 19.0. The van der Waals surface area contributed by atoms with E-state index in [1.807, 2.05) is 47.4 Å². The Morgan fingerprint density at radius 1 is 1.19 bits per heavy atom. The minimum absolute atomic E-state index is 0.232. The van der Waals surface area contributed by atoms with Crippen LogP contribution in [-0.4, -0.2) is 58.0 Å². The van der Waals surface area contributed by atoms with E-state index in [0.29, 0.717) is 17.9 Å². The second-order valence-electron chi connectivity index (χ2n) is 6.75. The number of carbonyl (C=O) groups is 2. The SMILES string of the molecule is O=C(O)CN1C(=O)C(=CCC=CC=C2Sc3ccccc3N2CCCS(=O)(=O)O)SC1=S. The van der Waals surface area contributed by atoms with Gasteiger partial charge in [0.2, 0.25) is 0 Å². The first-order valence-electron chi connectivity index (χ1n) is 9.48. The van der Waals surface area contributed by atoms with Crippen molar-refractivity contribution in [2.45, 2.75) is 17.7 Å². The highest BCUT2D eigenvalue weighted by molar-refractivity contribution is 8.26. The summed E-state index contributed by atoms with van der Waals surface area (Å²) in [5, 5.41) is 9.80. The van der Waals surface area contributed by atoms with Gasteiger partial charge in [-0.1, -0.05) is 66.1 Å². The molecule has 3 rings (SSSR count). The number of thiocarbonyl (C=S) groups is 1. The van der Waals surface area contributed by atoms with Gasteiger partial charge in [0, 0.05) is 11.4 Å². The summed E-state index contributed by atoms with van der Waals surface area (Å²) in [7, 11) is -4.01. The maximum atomic E-state index is 12.2. The van der Waals surface area contributed by atoms with Gasteiger partial charge < -0.3 is 10.0 Å². The van der Waals surface area contributed by atoms with Crippen LogP contribution in [0.3, 0.4) is 0 Å². The Morgan fingerprint density at radius 3 is 2.66 bits per heavy atom. The summed E-state index contributed by atoms with van der Waals surface area (Å²) in [6.45, 7) is -0.00926. The Morgan fingerprint density at radius 2 is 1.94 bits per heavy atom. The van der Waals surface area contributed by atoms with Gasteiger partial charge in [-0.05, 0) is 31.1 Å². The van der Waals surface area contributed by atoms with Crippen molar-refractivity contribution in [1.29, 1.82) is 0 Å². The molecule has 0 aromatic heterocycles. The van der Waals surface area contributed by atoms with Gasteiger partial charge in [0.1, 0.15) is 10.9 Å². The third-order valence-corrected chi connectivity index (χ3v) is 7.76. The number of amides is 1. The molecule has 0 bridgehead atoms. The molecule has 170 valence electrons. The van der Waals surface area contributed by atoms with E-state index in [1.54, 1.807) is 17.8 Å². The van der Waals surface area contributed by atoms with E-state index in [2.05, 4.69) is 0 Å². The average molecular weight is 513 g/mol. The van der Waals surface area contributed by atoms with E-state index >= 15 is 0 Å². The Bertz CT molecular complexity index is 1130. The second-order valence-corrected chi connectivity index (χ2v) is 11.1. The van der Waals surface area contributed by atoms with Gasteiger partial charge in [0.15, 0.2) is 0 Å². The van der Waals surface area contributed by atoms with E-state index < -0.39 is 28.5 Å². The van der Waals surface area contributed by atoms with Crippen molar-refractivity contribution >= 4 is 67.7 Å². The Hall–Kier alpha value is -2.12. The van der Waals surface area contributed by atoms with Gasteiger partial charge in [-0.15, -0.1) is 0 Å². The molecule has 2 aliphatic rings. The number of rotatable bonds is 9. The summed E-state index contributed by atoms with van der Waals surface area (Å²) in [4.78, 5) is 27.6. The first-order valence-corrected chi connectivity index (χ1v) is 13.1. The number of fused-ring (bicyclic) bond motifs is 1. The zero-order valence-electron chi connectivity index (χ0n) is 16.7. The lowest BCUT2D eigenvalue weighted by molar-refractivity contribution is -0.140. The maximum Gasteiger partial charge on any atom is 0.323 e. The maximum absolute atomic E-state index is 12.2. The van der Waals surface area contributed by atoms with Crippen molar-refractivity contribution < 1.29 is 27.7 Å². The topological polar surface area (TPSA) is 115 Å². The molecule has 1 amide bonds. The van der Waals surface area contributed by atoms with Crippen LogP contribution in [0.2, 0.25) is 0 Å². The van der Waals surface area contributed by atoms with Gasteiger partial charge in [-0.3, -0.25) is 19.0 Å². The molecule has 0 aliphatic carbocycles. The van der Waals surface area contributed by atoms with Crippen LogP contribution < -0.4 is 4.90 Å². The quantitative estimate of drug-likeness (QED) is 0.289. The van der Waals surface area contributed by atoms with E-state index in [9.17, 15) is 18.0 Å². The smallest absolute Gasteiger partial charge is 0.323 e. The van der Waals surface area contributed by atoms with Crippen LogP contribution >= 0.6 is 35.7 Å². The highest BCUT2D eigenvalue weighted by atomic mass is 32.2. The van der Waals surface area contributed by atoms with Crippen LogP contribution in [-0.2, 0) is 19.7 Å². The van der Waals surface area contributed by atoms with Crippen LogP contribution in [0.5, 0.6) is 0 Å². The molecule has 1 aromatic carbocycles. The molecule has 2 heterocycles. The Balaban J connectivity index is 1.64. The summed E-state index contributed by atoms with van der Waals surface area (Å²) in [5.74, 6) is -1.83. The molecular formula is C20H20N2O6S4. The van der Waals surface area contributed by atoms with E-state index in [1.165, 1.54) is 0 Å². The van der Waals surface area contributed by atoms with Gasteiger partial charge in [-0.2, -0.15) is 8.42 Å². The molecule has 0 spiro atoms. The van der Waals surface area contributed by atoms with Crippen LogP contribution in [0.25, 0.3) is 0 Å². The summed E-state index contributed by atoms with van der Waals surface area (Å²) >= 11 is 7.71. The molecule has 2 N–H and O–H groups in total. The minimum atomic E-state index is -4.01. The third-order valence-electron chi connectivity index (χ3n) is 4.40. The molecule has 0 saturated carbocycles. The zero-order chi connectivity index (χ0) is 23.3. The largest absolute Gasteiger partial charge is 0.480 e. The van der Waals surface area contributed by atoms with Gasteiger partial charge in [-0.25, -0.2) is 0 Å². The number of allylic oxidation sites excluding steroid dienone is 4. The predicted molar refractivity (Wildman–Crippen MR) is 130 cm³/mol. The number of para-hydroxylation sites is 1. The number of carbonyl (C=O) groups excluding carboxylic acids is 1. The minimum Gasteiger partial charge on any atom is -0.480 e. The van der Waals surface area contributed by atoms with Crippen molar-refractivity contribution in [3.63, 3.8) is 0 Å². The number of hydrogen-bond acceptors (Lipinski definition) is 8. The van der Waals surface area contributed by atoms with E-state index in [-0.39, 0.29) is 16.5 Å². The lowest BCUT2D eigenvalue weighted by Crippen LogP contribution is -2.33. The van der Waals surface area contributed by atoms with Crippen molar-refractivity contribution in [2.75, 3.05) is 23.7 Å². The lowest BCUT2D eigenvalue weighted by atomic mass is 10.2. The zero-order valence-corrected chi connectivity index (χ0v) is 20.0. The number of thioether (sulfide) groups is 2. The number of aliphatic carboxylic acids is 1. The first-order chi connectivity index (χ1) is 15.2. The molecule has 1 aromatic rings. The highest BCUT2D eigenvalue weighted by Gasteiger charge is 2.33. The predicted octanol–water partition coefficient (Wildman–Crippen LogP) is 3.49. The summed E-state index contributed by atoms with van der Waals surface area (Å²) in [6.07, 6.45) is 8.06. The first kappa shape index (κ1) is 24.5. The molecule has 1 fully saturated rings. The van der Waals surface area contributed by atoms with Crippen molar-refractivity contribution in [3.05, 3.63) is 58.5 Å². The molecule has 0 unspecified atom stereocenters. The number of hydrogen-bond donors (Lipinski definition) is 2. The Kier molecular flexibility index (Phi) is 8.17. The molecule has 1 saturated heterocycles. The van der Waals surface area contributed by atoms with Crippen molar-refractivity contribution in [1.82, 2.24) is 4.90 Å². The number of benzene rings is 1. The number of anilines is 1. The van der Waals surface area contributed by atoms with Gasteiger partial charge in [0.25, 0.3) is 16.0 Å². The Labute approximate surface area is 199 Å². The monoisotopic (exact) mass is 512 g/mol. The third kappa shape index (κ3) is 6.45. The molecule has 0 radical (unpaired) electrons. The number of carboxylic acid groups (broad SMARTS) is 1. The fourth-order valence-electron chi connectivity index (χ4n) is 3.03. The molecule has 32 heavy (non-hydrogen) atoms. The van der Waals surface area contributed by atoms with Crippen LogP contribution in [0.15, 0.2) is 63.4 Å². The molecule has 8 nitrogen and oxygen atoms in total. The fourth-order valence-corrected chi connectivity index (χ4v) is 5.86. The van der Waals surface area contributed by atoms with Crippen LogP contribution in [0.4, 0.5) is 5.69 Å². The van der Waals surface area contributed by atoms with E-state index in [4.69, 9.17) is 21.9 Å². The molecule has 0 atom stereocenters. The van der Waals surface area contributed by atoms with Crippen molar-refractivity contribution in [2.24, 2.45) is 0 Å². The van der Waals surface area contributed by atoms with Crippen LogP contribution in [0, 0.1) is 0 Å². The molecule has 12 heteroatoms. The van der Waals surface area contributed by atoms with Gasteiger partial charge in [0.05, 0.1) is 21.4 Å². The molecule has 2 aliphatic heterocycles. The molecular weight excluding hydrogens is 492 g/mol. The number of nitrogens with zero attached hydrogens (tertiary/aromatic N) is 2. The lowest BCUT2D eigenvalue weighted by Gasteiger charge is -2.19.